The molecule has 2 aliphatic rings. The molecule has 2 nitrogen and oxygen atoms in total. The van der Waals surface area contributed by atoms with Gasteiger partial charge in [-0.2, -0.15) is 0 Å². The monoisotopic (exact) mass is 413 g/mol. The predicted molar refractivity (Wildman–Crippen MR) is 126 cm³/mol. The highest BCUT2D eigenvalue weighted by atomic mass is 35.5. The summed E-state index contributed by atoms with van der Waals surface area (Å²) >= 11 is 6.59. The van der Waals surface area contributed by atoms with E-state index in [-0.39, 0.29) is 5.91 Å². The minimum Gasteiger partial charge on any atom is -0.321 e. The average Bonchev–Trinajstić information content (AvgIpc) is 3.01. The standard InChI is InChI=1S/C27H24ClNO/c1-2-6-22-24-15-23(25(28)16-26(24)29-27(22)30)19-13-11-18(12-14-19)21-10-4-3-9-20(21)17-7-5-8-17/h3-4,6,9-17H,2,5,7-8H2,1H3,(H,29,30)/b22-6-. The molecule has 0 atom stereocenters. The fourth-order valence-electron chi connectivity index (χ4n) is 4.50. The van der Waals surface area contributed by atoms with Gasteiger partial charge >= 0.3 is 0 Å². The molecule has 1 aliphatic carbocycles. The third-order valence-corrected chi connectivity index (χ3v) is 6.62. The van der Waals surface area contributed by atoms with Crippen LogP contribution in [0.25, 0.3) is 27.8 Å². The Labute approximate surface area is 182 Å². The molecule has 5 rings (SSSR count). The van der Waals surface area contributed by atoms with E-state index in [1.807, 2.05) is 25.1 Å². The summed E-state index contributed by atoms with van der Waals surface area (Å²) in [6.45, 7) is 2.04. The molecule has 30 heavy (non-hydrogen) atoms. The number of allylic oxidation sites excluding steroid dienone is 1. The van der Waals surface area contributed by atoms with Crippen LogP contribution in [0.5, 0.6) is 0 Å². The maximum absolute atomic E-state index is 12.3. The van der Waals surface area contributed by atoms with Crippen molar-refractivity contribution < 1.29 is 4.79 Å². The van der Waals surface area contributed by atoms with Gasteiger partial charge in [0.15, 0.2) is 0 Å². The molecule has 0 radical (unpaired) electrons. The highest BCUT2D eigenvalue weighted by molar-refractivity contribution is 6.36. The number of carbonyl (C=O) groups excluding carboxylic acids is 1. The molecule has 1 amide bonds. The average molecular weight is 414 g/mol. The molecule has 3 aromatic rings. The molecule has 0 unspecified atom stereocenters. The Morgan fingerprint density at radius 2 is 1.67 bits per heavy atom. The van der Waals surface area contributed by atoms with Gasteiger partial charge < -0.3 is 5.32 Å². The Bertz CT molecular complexity index is 1160. The molecule has 1 saturated carbocycles. The van der Waals surface area contributed by atoms with Crippen molar-refractivity contribution in [2.75, 3.05) is 5.32 Å². The first kappa shape index (κ1) is 19.1. The molecule has 0 spiro atoms. The Hall–Kier alpha value is -2.84. The maximum Gasteiger partial charge on any atom is 0.256 e. The van der Waals surface area contributed by atoms with Crippen LogP contribution in [0.2, 0.25) is 5.02 Å². The van der Waals surface area contributed by atoms with Crippen molar-refractivity contribution in [1.82, 2.24) is 0 Å². The van der Waals surface area contributed by atoms with Crippen LogP contribution in [0.1, 0.15) is 49.7 Å². The van der Waals surface area contributed by atoms with Gasteiger partial charge in [0, 0.05) is 16.7 Å². The number of carbonyl (C=O) groups is 1. The van der Waals surface area contributed by atoms with E-state index in [0.717, 1.165) is 34.4 Å². The summed E-state index contributed by atoms with van der Waals surface area (Å²) in [5.74, 6) is 0.642. The van der Waals surface area contributed by atoms with Gasteiger partial charge in [-0.05, 0) is 59.6 Å². The van der Waals surface area contributed by atoms with Gasteiger partial charge in [-0.25, -0.2) is 0 Å². The van der Waals surface area contributed by atoms with Gasteiger partial charge in [-0.15, -0.1) is 0 Å². The van der Waals surface area contributed by atoms with Crippen LogP contribution in [0, 0.1) is 0 Å². The van der Waals surface area contributed by atoms with Gasteiger partial charge in [0.1, 0.15) is 0 Å². The smallest absolute Gasteiger partial charge is 0.256 e. The lowest BCUT2D eigenvalue weighted by atomic mass is 9.77. The fraction of sp³-hybridized carbons (Fsp3) is 0.222. The molecule has 150 valence electrons. The quantitative estimate of drug-likeness (QED) is 0.436. The van der Waals surface area contributed by atoms with Gasteiger partial charge in [0.05, 0.1) is 10.7 Å². The number of anilines is 1. The zero-order valence-corrected chi connectivity index (χ0v) is 17.8. The molecule has 0 saturated heterocycles. The van der Waals surface area contributed by atoms with Crippen molar-refractivity contribution in [3.05, 3.63) is 82.9 Å². The van der Waals surface area contributed by atoms with Crippen molar-refractivity contribution in [3.63, 3.8) is 0 Å². The van der Waals surface area contributed by atoms with Gasteiger partial charge in [0.25, 0.3) is 5.91 Å². The second kappa shape index (κ2) is 7.77. The number of halogens is 1. The molecular weight excluding hydrogens is 390 g/mol. The molecule has 1 heterocycles. The molecule has 0 bridgehead atoms. The van der Waals surface area contributed by atoms with Crippen LogP contribution in [-0.2, 0) is 4.79 Å². The largest absolute Gasteiger partial charge is 0.321 e. The summed E-state index contributed by atoms with van der Waals surface area (Å²) < 4.78 is 0. The predicted octanol–water partition coefficient (Wildman–Crippen LogP) is 7.69. The van der Waals surface area contributed by atoms with Gasteiger partial charge in [-0.3, -0.25) is 4.79 Å². The van der Waals surface area contributed by atoms with E-state index in [1.54, 1.807) is 0 Å². The number of rotatable bonds is 4. The Balaban J connectivity index is 1.52. The highest BCUT2D eigenvalue weighted by Crippen LogP contribution is 2.42. The lowest BCUT2D eigenvalue weighted by Crippen LogP contribution is -2.09. The van der Waals surface area contributed by atoms with Crippen LogP contribution in [0.4, 0.5) is 5.69 Å². The van der Waals surface area contributed by atoms with E-state index in [0.29, 0.717) is 10.9 Å². The number of hydrogen-bond acceptors (Lipinski definition) is 1. The number of nitrogens with one attached hydrogen (secondary N) is 1. The minimum atomic E-state index is -0.0528. The topological polar surface area (TPSA) is 29.1 Å². The lowest BCUT2D eigenvalue weighted by Gasteiger charge is -2.28. The molecule has 3 aromatic carbocycles. The zero-order valence-electron chi connectivity index (χ0n) is 17.0. The zero-order chi connectivity index (χ0) is 20.7. The SMILES string of the molecule is CC/C=C1\C(=O)Nc2cc(Cl)c(-c3ccc(-c4ccccc4C4CCC4)cc3)cc21. The van der Waals surface area contributed by atoms with Crippen LogP contribution in [0.15, 0.2) is 66.7 Å². The molecule has 1 N–H and O–H groups in total. The van der Waals surface area contributed by atoms with Crippen molar-refractivity contribution in [2.24, 2.45) is 0 Å². The van der Waals surface area contributed by atoms with E-state index < -0.39 is 0 Å². The summed E-state index contributed by atoms with van der Waals surface area (Å²) in [5.41, 5.74) is 8.50. The fourth-order valence-corrected chi connectivity index (χ4v) is 4.78. The Morgan fingerprint density at radius 3 is 2.33 bits per heavy atom. The highest BCUT2D eigenvalue weighted by Gasteiger charge is 2.26. The third kappa shape index (κ3) is 3.26. The molecule has 1 fully saturated rings. The van der Waals surface area contributed by atoms with E-state index in [2.05, 4.69) is 53.8 Å². The normalized spacial score (nSPS) is 17.0. The summed E-state index contributed by atoms with van der Waals surface area (Å²) in [6.07, 6.45) is 6.70. The molecule has 3 heteroatoms. The minimum absolute atomic E-state index is 0.0528. The molecule has 1 aliphatic heterocycles. The van der Waals surface area contributed by atoms with Crippen LogP contribution in [0.3, 0.4) is 0 Å². The first-order valence-corrected chi connectivity index (χ1v) is 11.1. The summed E-state index contributed by atoms with van der Waals surface area (Å²) in [4.78, 5) is 12.3. The summed E-state index contributed by atoms with van der Waals surface area (Å²) in [6, 6.07) is 21.3. The molecular formula is C27H24ClNO. The first-order valence-electron chi connectivity index (χ1n) is 10.7. The number of benzene rings is 3. The molecule has 0 aromatic heterocycles. The van der Waals surface area contributed by atoms with E-state index >= 15 is 0 Å². The van der Waals surface area contributed by atoms with Crippen molar-refractivity contribution in [1.29, 1.82) is 0 Å². The van der Waals surface area contributed by atoms with Gasteiger partial charge in [-0.1, -0.05) is 79.6 Å². The Morgan fingerprint density at radius 1 is 0.967 bits per heavy atom. The number of amides is 1. The summed E-state index contributed by atoms with van der Waals surface area (Å²) in [7, 11) is 0. The third-order valence-electron chi connectivity index (χ3n) is 6.31. The van der Waals surface area contributed by atoms with E-state index in [4.69, 9.17) is 11.6 Å². The number of hydrogen-bond donors (Lipinski definition) is 1. The lowest BCUT2D eigenvalue weighted by molar-refractivity contribution is -0.110. The van der Waals surface area contributed by atoms with Crippen molar-refractivity contribution in [2.45, 2.75) is 38.5 Å². The second-order valence-electron chi connectivity index (χ2n) is 8.15. The van der Waals surface area contributed by atoms with E-state index in [9.17, 15) is 4.79 Å². The van der Waals surface area contributed by atoms with Crippen molar-refractivity contribution >= 4 is 28.8 Å². The summed E-state index contributed by atoms with van der Waals surface area (Å²) in [5, 5.41) is 3.57. The van der Waals surface area contributed by atoms with Crippen molar-refractivity contribution in [3.8, 4) is 22.3 Å². The van der Waals surface area contributed by atoms with E-state index in [1.165, 1.54) is 36.0 Å². The maximum atomic E-state index is 12.3. The van der Waals surface area contributed by atoms with Crippen LogP contribution in [-0.4, -0.2) is 5.91 Å². The first-order chi connectivity index (χ1) is 14.7. The van der Waals surface area contributed by atoms with Crippen LogP contribution < -0.4 is 5.32 Å². The number of fused-ring (bicyclic) bond motifs is 1. The second-order valence-corrected chi connectivity index (χ2v) is 8.56. The van der Waals surface area contributed by atoms with Crippen LogP contribution >= 0.6 is 11.6 Å². The Kier molecular flexibility index (Phi) is 4.96. The van der Waals surface area contributed by atoms with Gasteiger partial charge in [0.2, 0.25) is 0 Å².